The van der Waals surface area contributed by atoms with Gasteiger partial charge >= 0.3 is 11.7 Å². The molecule has 1 aromatic heterocycles. The van der Waals surface area contributed by atoms with Crippen molar-refractivity contribution in [3.63, 3.8) is 0 Å². The number of nitro benzene ring substituents is 1. The van der Waals surface area contributed by atoms with Crippen molar-refractivity contribution in [2.75, 3.05) is 0 Å². The zero-order valence-electron chi connectivity index (χ0n) is 10.9. The molecule has 1 saturated carbocycles. The van der Waals surface area contributed by atoms with E-state index in [1.807, 2.05) is 0 Å². The lowest BCUT2D eigenvalue weighted by atomic mass is 10.1. The van der Waals surface area contributed by atoms with Crippen molar-refractivity contribution in [1.82, 2.24) is 4.57 Å². The van der Waals surface area contributed by atoms with E-state index in [1.54, 1.807) is 0 Å². The van der Waals surface area contributed by atoms with Gasteiger partial charge in [-0.2, -0.15) is 0 Å². The number of fused-ring (bicyclic) bond motifs is 1. The van der Waals surface area contributed by atoms with Crippen molar-refractivity contribution in [2.45, 2.75) is 18.9 Å². The molecule has 0 bridgehead atoms. The molecule has 7 nitrogen and oxygen atoms in total. The number of carboxylic acid groups (broad SMARTS) is 1. The summed E-state index contributed by atoms with van der Waals surface area (Å²) in [6, 6.07) is 1.37. The Morgan fingerprint density at radius 2 is 2.09 bits per heavy atom. The molecule has 0 saturated heterocycles. The summed E-state index contributed by atoms with van der Waals surface area (Å²) in [5.74, 6) is -2.48. The van der Waals surface area contributed by atoms with E-state index >= 15 is 0 Å². The van der Waals surface area contributed by atoms with Crippen LogP contribution in [0.15, 0.2) is 16.9 Å². The van der Waals surface area contributed by atoms with Crippen LogP contribution in [-0.2, 0) is 0 Å². The van der Waals surface area contributed by atoms with E-state index in [4.69, 9.17) is 11.6 Å². The number of rotatable bonds is 3. The summed E-state index contributed by atoms with van der Waals surface area (Å²) in [7, 11) is 0. The topological polar surface area (TPSA) is 102 Å². The number of carbonyl (C=O) groups is 1. The second kappa shape index (κ2) is 4.77. The zero-order chi connectivity index (χ0) is 16.2. The van der Waals surface area contributed by atoms with Gasteiger partial charge in [0.2, 0.25) is 0 Å². The van der Waals surface area contributed by atoms with Crippen LogP contribution in [0.4, 0.5) is 10.1 Å². The predicted octanol–water partition coefficient (Wildman–Crippen LogP) is 2.74. The summed E-state index contributed by atoms with van der Waals surface area (Å²) >= 11 is 5.67. The highest BCUT2D eigenvalue weighted by molar-refractivity contribution is 6.34. The number of aromatic nitrogens is 1. The van der Waals surface area contributed by atoms with Crippen LogP contribution in [0.2, 0.25) is 5.02 Å². The first-order valence-electron chi connectivity index (χ1n) is 6.28. The van der Waals surface area contributed by atoms with E-state index in [-0.39, 0.29) is 22.6 Å². The van der Waals surface area contributed by atoms with Crippen molar-refractivity contribution in [3.05, 3.63) is 49.0 Å². The number of pyridine rings is 1. The minimum atomic E-state index is -1.39. The molecular weight excluding hydrogens is 319 g/mol. The number of aromatic carboxylic acids is 1. The number of hydrogen-bond acceptors (Lipinski definition) is 4. The minimum Gasteiger partial charge on any atom is -0.477 e. The Labute approximate surface area is 126 Å². The fourth-order valence-corrected chi connectivity index (χ4v) is 2.68. The Balaban J connectivity index is 2.61. The molecule has 9 heteroatoms. The third-order valence-electron chi connectivity index (χ3n) is 3.52. The predicted molar refractivity (Wildman–Crippen MR) is 75.1 cm³/mol. The van der Waals surface area contributed by atoms with Gasteiger partial charge in [0, 0.05) is 12.1 Å². The lowest BCUT2D eigenvalue weighted by Gasteiger charge is -2.14. The van der Waals surface area contributed by atoms with E-state index in [1.165, 1.54) is 4.57 Å². The van der Waals surface area contributed by atoms with Crippen molar-refractivity contribution in [3.8, 4) is 0 Å². The first-order chi connectivity index (χ1) is 10.3. The van der Waals surface area contributed by atoms with Crippen LogP contribution in [0.1, 0.15) is 29.4 Å². The Kier molecular flexibility index (Phi) is 3.13. The van der Waals surface area contributed by atoms with Crippen LogP contribution in [0, 0.1) is 15.9 Å². The molecule has 0 aliphatic heterocycles. The summed E-state index contributed by atoms with van der Waals surface area (Å²) < 4.78 is 15.0. The zero-order valence-corrected chi connectivity index (χ0v) is 11.6. The fraction of sp³-hybridized carbons (Fsp3) is 0.231. The largest absolute Gasteiger partial charge is 0.477 e. The Morgan fingerprint density at radius 1 is 1.45 bits per heavy atom. The van der Waals surface area contributed by atoms with Gasteiger partial charge < -0.3 is 9.67 Å². The number of halogens is 2. The molecule has 1 aliphatic carbocycles. The van der Waals surface area contributed by atoms with E-state index in [0.29, 0.717) is 12.8 Å². The second-order valence-corrected chi connectivity index (χ2v) is 5.35. The van der Waals surface area contributed by atoms with Gasteiger partial charge in [0.25, 0.3) is 0 Å². The van der Waals surface area contributed by atoms with Crippen molar-refractivity contribution >= 4 is 34.2 Å². The monoisotopic (exact) mass is 326 g/mol. The van der Waals surface area contributed by atoms with Crippen molar-refractivity contribution in [2.24, 2.45) is 0 Å². The highest BCUT2D eigenvalue weighted by Gasteiger charge is 2.34. The third kappa shape index (κ3) is 2.03. The summed E-state index contributed by atoms with van der Waals surface area (Å²) in [5, 5.41) is 19.5. The van der Waals surface area contributed by atoms with Crippen LogP contribution in [0.5, 0.6) is 0 Å². The maximum Gasteiger partial charge on any atom is 0.352 e. The number of nitro groups is 1. The van der Waals surface area contributed by atoms with E-state index in [0.717, 1.165) is 12.1 Å². The smallest absolute Gasteiger partial charge is 0.352 e. The molecule has 1 aromatic carbocycles. The summed E-state index contributed by atoms with van der Waals surface area (Å²) in [4.78, 5) is 33.7. The SMILES string of the molecule is O=C(O)c1cc(=O)c2cc(F)c(Cl)c([N+](=O)[O-])c2n1C1CC1. The lowest BCUT2D eigenvalue weighted by molar-refractivity contribution is -0.383. The van der Waals surface area contributed by atoms with Crippen LogP contribution >= 0.6 is 11.6 Å². The minimum absolute atomic E-state index is 0.246. The Hall–Kier alpha value is -2.48. The molecule has 114 valence electrons. The molecule has 1 aliphatic rings. The van der Waals surface area contributed by atoms with Gasteiger partial charge in [-0.15, -0.1) is 0 Å². The average molecular weight is 327 g/mol. The molecule has 3 rings (SSSR count). The maximum absolute atomic E-state index is 13.8. The van der Waals surface area contributed by atoms with Crippen LogP contribution < -0.4 is 5.43 Å². The van der Waals surface area contributed by atoms with Gasteiger partial charge in [0.15, 0.2) is 10.5 Å². The van der Waals surface area contributed by atoms with Gasteiger partial charge in [0.05, 0.1) is 10.3 Å². The summed E-state index contributed by atoms with van der Waals surface area (Å²) in [6.07, 6.45) is 1.23. The highest BCUT2D eigenvalue weighted by atomic mass is 35.5. The fourth-order valence-electron chi connectivity index (χ4n) is 2.47. The summed E-state index contributed by atoms with van der Waals surface area (Å²) in [6.45, 7) is 0. The number of nitrogens with zero attached hydrogens (tertiary/aromatic N) is 2. The maximum atomic E-state index is 13.8. The first-order valence-corrected chi connectivity index (χ1v) is 6.65. The highest BCUT2D eigenvalue weighted by Crippen LogP contribution is 2.42. The molecule has 0 unspecified atom stereocenters. The van der Waals surface area contributed by atoms with Crippen molar-refractivity contribution < 1.29 is 19.2 Å². The first kappa shape index (κ1) is 14.5. The van der Waals surface area contributed by atoms with Crippen LogP contribution in [0.3, 0.4) is 0 Å². The van der Waals surface area contributed by atoms with Crippen LogP contribution in [-0.4, -0.2) is 20.6 Å². The third-order valence-corrected chi connectivity index (χ3v) is 3.88. The van der Waals surface area contributed by atoms with E-state index in [2.05, 4.69) is 0 Å². The average Bonchev–Trinajstić information content (AvgIpc) is 3.24. The van der Waals surface area contributed by atoms with Gasteiger partial charge in [-0.3, -0.25) is 14.9 Å². The molecule has 0 atom stereocenters. The standard InChI is InChI=1S/C13H8ClFN2O5/c14-10-7(15)3-6-9(18)4-8(13(19)20)16(5-1-2-5)11(6)12(10)17(21)22/h3-5H,1-2H2,(H,19,20). The number of carboxylic acids is 1. The summed E-state index contributed by atoms with van der Waals surface area (Å²) in [5.41, 5.74) is -2.21. The van der Waals surface area contributed by atoms with Gasteiger partial charge in [-0.25, -0.2) is 9.18 Å². The number of benzene rings is 1. The molecule has 0 amide bonds. The van der Waals surface area contributed by atoms with Gasteiger partial charge in [0.1, 0.15) is 17.0 Å². The molecular formula is C13H8ClFN2O5. The molecule has 1 heterocycles. The second-order valence-electron chi connectivity index (χ2n) is 4.97. The molecule has 1 fully saturated rings. The quantitative estimate of drug-likeness (QED) is 0.690. The van der Waals surface area contributed by atoms with E-state index < -0.39 is 32.8 Å². The Morgan fingerprint density at radius 3 is 2.59 bits per heavy atom. The Bertz CT molecular complexity index is 904. The van der Waals surface area contributed by atoms with E-state index in [9.17, 15) is 29.2 Å². The molecule has 2 aromatic rings. The lowest BCUT2D eigenvalue weighted by Crippen LogP contribution is -2.18. The molecule has 0 spiro atoms. The normalized spacial score (nSPS) is 14.3. The number of hydrogen-bond donors (Lipinski definition) is 1. The molecule has 0 radical (unpaired) electrons. The van der Waals surface area contributed by atoms with Crippen molar-refractivity contribution in [1.29, 1.82) is 0 Å². The van der Waals surface area contributed by atoms with Gasteiger partial charge in [-0.1, -0.05) is 11.6 Å². The van der Waals surface area contributed by atoms with Gasteiger partial charge in [-0.05, 0) is 18.9 Å². The van der Waals surface area contributed by atoms with Crippen LogP contribution in [0.25, 0.3) is 10.9 Å². The molecule has 1 N–H and O–H groups in total. The molecule has 22 heavy (non-hydrogen) atoms.